The van der Waals surface area contributed by atoms with Crippen LogP contribution in [0.25, 0.3) is 11.3 Å². The second-order valence-electron chi connectivity index (χ2n) is 4.52. The summed E-state index contributed by atoms with van der Waals surface area (Å²) < 4.78 is 7.18. The van der Waals surface area contributed by atoms with Gasteiger partial charge in [0.2, 0.25) is 0 Å². The monoisotopic (exact) mass is 270 g/mol. The molecule has 2 aromatic rings. The van der Waals surface area contributed by atoms with Gasteiger partial charge in [-0.25, -0.2) is 0 Å². The largest absolute Gasteiger partial charge is 0.497 e. The predicted octanol–water partition coefficient (Wildman–Crippen LogP) is 2.76. The minimum absolute atomic E-state index is 0.417. The number of nitrogens with zero attached hydrogens (tertiary/aromatic N) is 1. The Morgan fingerprint density at radius 3 is 2.55 bits per heavy atom. The summed E-state index contributed by atoms with van der Waals surface area (Å²) in [5.41, 5.74) is 8.75. The van der Waals surface area contributed by atoms with Gasteiger partial charge in [-0.2, -0.15) is 0 Å². The number of aromatic nitrogens is 1. The lowest BCUT2D eigenvalue weighted by Gasteiger charge is -2.10. The van der Waals surface area contributed by atoms with Gasteiger partial charge in [-0.05, 0) is 42.8 Å². The molecule has 0 fully saturated rings. The van der Waals surface area contributed by atoms with Crippen LogP contribution in [0.15, 0.2) is 43.0 Å². The Bertz CT molecular complexity index is 639. The van der Waals surface area contributed by atoms with Crippen molar-refractivity contribution in [2.75, 3.05) is 7.11 Å². The number of primary amides is 1. The van der Waals surface area contributed by atoms with Gasteiger partial charge in [0, 0.05) is 17.9 Å². The molecule has 4 nitrogen and oxygen atoms in total. The van der Waals surface area contributed by atoms with Crippen LogP contribution in [-0.4, -0.2) is 17.6 Å². The SMILES string of the molecule is C=CCn1c(-c2ccc(OC)cc2)cc(C(N)=O)c1C. The Labute approximate surface area is 118 Å². The smallest absolute Gasteiger partial charge is 0.250 e. The third kappa shape index (κ3) is 2.45. The first-order valence-corrected chi connectivity index (χ1v) is 6.33. The van der Waals surface area contributed by atoms with E-state index in [1.54, 1.807) is 13.2 Å². The number of hydrogen-bond acceptors (Lipinski definition) is 2. The van der Waals surface area contributed by atoms with E-state index in [9.17, 15) is 4.79 Å². The van der Waals surface area contributed by atoms with Crippen LogP contribution in [0.1, 0.15) is 16.1 Å². The Morgan fingerprint density at radius 2 is 2.05 bits per heavy atom. The molecule has 1 heterocycles. The lowest BCUT2D eigenvalue weighted by molar-refractivity contribution is 0.0999. The highest BCUT2D eigenvalue weighted by Crippen LogP contribution is 2.27. The topological polar surface area (TPSA) is 57.2 Å². The van der Waals surface area contributed by atoms with Crippen molar-refractivity contribution in [1.29, 1.82) is 0 Å². The van der Waals surface area contributed by atoms with Crippen LogP contribution in [0, 0.1) is 6.92 Å². The highest BCUT2D eigenvalue weighted by atomic mass is 16.5. The standard InChI is InChI=1S/C16H18N2O2/c1-4-9-18-11(2)14(16(17)19)10-15(18)12-5-7-13(20-3)8-6-12/h4-8,10H,1,9H2,2-3H3,(H2,17,19). The van der Waals surface area contributed by atoms with Crippen molar-refractivity contribution in [1.82, 2.24) is 4.57 Å². The molecule has 2 rings (SSSR count). The number of rotatable bonds is 5. The predicted molar refractivity (Wildman–Crippen MR) is 79.9 cm³/mol. The molecule has 1 amide bonds. The molecule has 0 saturated heterocycles. The molecule has 0 aliphatic carbocycles. The van der Waals surface area contributed by atoms with Crippen molar-refractivity contribution in [3.63, 3.8) is 0 Å². The first-order valence-electron chi connectivity index (χ1n) is 6.33. The van der Waals surface area contributed by atoms with Gasteiger partial charge in [-0.1, -0.05) is 6.08 Å². The second-order valence-corrected chi connectivity index (χ2v) is 4.52. The molecule has 1 aromatic carbocycles. The minimum atomic E-state index is -0.417. The zero-order chi connectivity index (χ0) is 14.7. The molecule has 4 heteroatoms. The average molecular weight is 270 g/mol. The summed E-state index contributed by atoms with van der Waals surface area (Å²) >= 11 is 0. The van der Waals surface area contributed by atoms with E-state index in [0.717, 1.165) is 22.7 Å². The number of benzene rings is 1. The summed E-state index contributed by atoms with van der Waals surface area (Å²) in [4.78, 5) is 11.5. The van der Waals surface area contributed by atoms with E-state index in [4.69, 9.17) is 10.5 Å². The van der Waals surface area contributed by atoms with Gasteiger partial charge in [-0.3, -0.25) is 4.79 Å². The van der Waals surface area contributed by atoms with E-state index in [-0.39, 0.29) is 0 Å². The number of ether oxygens (including phenoxy) is 1. The van der Waals surface area contributed by atoms with Crippen LogP contribution >= 0.6 is 0 Å². The third-order valence-corrected chi connectivity index (χ3v) is 3.33. The molecule has 2 N–H and O–H groups in total. The van der Waals surface area contributed by atoms with Gasteiger partial charge < -0.3 is 15.0 Å². The van der Waals surface area contributed by atoms with E-state index in [2.05, 4.69) is 6.58 Å². The minimum Gasteiger partial charge on any atom is -0.497 e. The number of carbonyl (C=O) groups excluding carboxylic acids is 1. The molecule has 0 radical (unpaired) electrons. The Kier molecular flexibility index (Phi) is 3.94. The van der Waals surface area contributed by atoms with Gasteiger partial charge >= 0.3 is 0 Å². The highest BCUT2D eigenvalue weighted by Gasteiger charge is 2.15. The summed E-state index contributed by atoms with van der Waals surface area (Å²) in [5.74, 6) is 0.377. The van der Waals surface area contributed by atoms with Gasteiger partial charge in [0.1, 0.15) is 5.75 Å². The number of amides is 1. The lowest BCUT2D eigenvalue weighted by atomic mass is 10.1. The molecule has 0 atom stereocenters. The van der Waals surface area contributed by atoms with E-state index in [1.165, 1.54) is 0 Å². The van der Waals surface area contributed by atoms with Crippen LogP contribution in [-0.2, 0) is 6.54 Å². The maximum atomic E-state index is 11.5. The number of hydrogen-bond donors (Lipinski definition) is 1. The molecule has 0 aliphatic rings. The van der Waals surface area contributed by atoms with Crippen LogP contribution in [0.4, 0.5) is 0 Å². The molecule has 104 valence electrons. The van der Waals surface area contributed by atoms with Crippen molar-refractivity contribution in [2.45, 2.75) is 13.5 Å². The average Bonchev–Trinajstić information content (AvgIpc) is 2.77. The second kappa shape index (κ2) is 5.65. The zero-order valence-corrected chi connectivity index (χ0v) is 11.7. The Hall–Kier alpha value is -2.49. The number of methoxy groups -OCH3 is 1. The van der Waals surface area contributed by atoms with Crippen molar-refractivity contribution < 1.29 is 9.53 Å². The summed E-state index contributed by atoms with van der Waals surface area (Å²) in [7, 11) is 1.63. The molecular formula is C16H18N2O2. The Morgan fingerprint density at radius 1 is 1.40 bits per heavy atom. The zero-order valence-electron chi connectivity index (χ0n) is 11.7. The van der Waals surface area contributed by atoms with Gasteiger partial charge in [0.25, 0.3) is 5.91 Å². The molecule has 20 heavy (non-hydrogen) atoms. The fourth-order valence-corrected chi connectivity index (χ4v) is 2.26. The Balaban J connectivity index is 2.56. The van der Waals surface area contributed by atoms with E-state index in [0.29, 0.717) is 12.1 Å². The van der Waals surface area contributed by atoms with Crippen molar-refractivity contribution in [3.05, 3.63) is 54.2 Å². The quantitative estimate of drug-likeness (QED) is 0.849. The van der Waals surface area contributed by atoms with Crippen LogP contribution in [0.5, 0.6) is 5.75 Å². The van der Waals surface area contributed by atoms with E-state index < -0.39 is 5.91 Å². The summed E-state index contributed by atoms with van der Waals surface area (Å²) in [5, 5.41) is 0. The van der Waals surface area contributed by atoms with Crippen molar-refractivity contribution in [3.8, 4) is 17.0 Å². The van der Waals surface area contributed by atoms with Gasteiger partial charge in [0.15, 0.2) is 0 Å². The summed E-state index contributed by atoms with van der Waals surface area (Å²) in [6.45, 7) is 6.27. The molecule has 1 aromatic heterocycles. The first kappa shape index (κ1) is 13.9. The van der Waals surface area contributed by atoms with Crippen LogP contribution in [0.2, 0.25) is 0 Å². The number of carbonyl (C=O) groups is 1. The van der Waals surface area contributed by atoms with Gasteiger partial charge in [0.05, 0.1) is 12.7 Å². The van der Waals surface area contributed by atoms with E-state index in [1.807, 2.05) is 41.8 Å². The lowest BCUT2D eigenvalue weighted by Crippen LogP contribution is -2.12. The third-order valence-electron chi connectivity index (χ3n) is 3.33. The van der Waals surface area contributed by atoms with Crippen molar-refractivity contribution in [2.24, 2.45) is 5.73 Å². The first-order chi connectivity index (χ1) is 9.58. The molecule has 0 spiro atoms. The summed E-state index contributed by atoms with van der Waals surface area (Å²) in [6, 6.07) is 9.51. The number of nitrogens with two attached hydrogens (primary N) is 1. The van der Waals surface area contributed by atoms with Crippen molar-refractivity contribution >= 4 is 5.91 Å². The highest BCUT2D eigenvalue weighted by molar-refractivity contribution is 5.95. The normalized spacial score (nSPS) is 10.3. The van der Waals surface area contributed by atoms with Crippen LogP contribution in [0.3, 0.4) is 0 Å². The fraction of sp³-hybridized carbons (Fsp3) is 0.188. The number of allylic oxidation sites excluding steroid dienone is 1. The fourth-order valence-electron chi connectivity index (χ4n) is 2.26. The molecular weight excluding hydrogens is 252 g/mol. The van der Waals surface area contributed by atoms with E-state index >= 15 is 0 Å². The summed E-state index contributed by atoms with van der Waals surface area (Å²) in [6.07, 6.45) is 1.80. The molecule has 0 aliphatic heterocycles. The molecule has 0 unspecified atom stereocenters. The van der Waals surface area contributed by atoms with Crippen LogP contribution < -0.4 is 10.5 Å². The molecule has 0 saturated carbocycles. The maximum absolute atomic E-state index is 11.5. The maximum Gasteiger partial charge on any atom is 0.250 e. The van der Waals surface area contributed by atoms with Gasteiger partial charge in [-0.15, -0.1) is 6.58 Å². The molecule has 0 bridgehead atoms.